The van der Waals surface area contributed by atoms with Crippen LogP contribution >= 0.6 is 0 Å². The maximum absolute atomic E-state index is 10.4. The fourth-order valence-corrected chi connectivity index (χ4v) is 0.387. The zero-order valence-corrected chi connectivity index (χ0v) is 5.00. The first-order valence-electron chi connectivity index (χ1n) is 2.41. The second kappa shape index (κ2) is 1.95. The van der Waals surface area contributed by atoms with Crippen LogP contribution in [0.3, 0.4) is 0 Å². The van der Waals surface area contributed by atoms with Crippen molar-refractivity contribution in [3.63, 3.8) is 0 Å². The van der Waals surface area contributed by atoms with E-state index in [0.29, 0.717) is 0 Å². The highest BCUT2D eigenvalue weighted by molar-refractivity contribution is 5.84. The van der Waals surface area contributed by atoms with Crippen LogP contribution in [-0.4, -0.2) is 38.1 Å². The summed E-state index contributed by atoms with van der Waals surface area (Å²) in [6.07, 6.45) is 0. The Morgan fingerprint density at radius 1 is 1.27 bits per heavy atom. The minimum absolute atomic E-state index is 1.62. The molecule has 1 aliphatic rings. The predicted octanol–water partition coefficient (Wildman–Crippen LogP) is -2.77. The fraction of sp³-hybridized carbons (Fsp3) is 0.667. The van der Waals surface area contributed by atoms with Crippen molar-refractivity contribution in [2.75, 3.05) is 0 Å². The second-order valence-corrected chi connectivity index (χ2v) is 1.86. The van der Waals surface area contributed by atoms with Gasteiger partial charge < -0.3 is 25.3 Å². The molecule has 11 heavy (non-hydrogen) atoms. The molecule has 0 fully saturated rings. The molecule has 0 aromatic heterocycles. The molecule has 0 aromatic carbocycles. The lowest BCUT2D eigenvalue weighted by Crippen LogP contribution is -2.61. The van der Waals surface area contributed by atoms with E-state index in [0.717, 1.165) is 0 Å². The molecular weight excluding hydrogens is 160 g/mol. The van der Waals surface area contributed by atoms with E-state index in [9.17, 15) is 4.79 Å². The van der Waals surface area contributed by atoms with Crippen molar-refractivity contribution >= 4 is 5.91 Å². The highest BCUT2D eigenvalue weighted by Crippen LogP contribution is 2.24. The number of hydrogen-bond donors (Lipinski definition) is 4. The van der Waals surface area contributed by atoms with E-state index in [1.165, 1.54) is 0 Å². The van der Waals surface area contributed by atoms with Gasteiger partial charge in [0.15, 0.2) is 0 Å². The Bertz CT molecular complexity index is 220. The van der Waals surface area contributed by atoms with Gasteiger partial charge in [-0.25, -0.2) is 0 Å². The van der Waals surface area contributed by atoms with Gasteiger partial charge in [-0.05, 0) is 0 Å². The van der Waals surface area contributed by atoms with E-state index in [4.69, 9.17) is 20.4 Å². The molecule has 0 bridgehead atoms. The zero-order valence-electron chi connectivity index (χ0n) is 5.00. The number of nitrogens with zero attached hydrogens (tertiary/aromatic N) is 2. The molecule has 1 rings (SSSR count). The molecule has 0 saturated carbocycles. The maximum atomic E-state index is 10.4. The summed E-state index contributed by atoms with van der Waals surface area (Å²) in [5, 5.41) is 39.2. The SMILES string of the molecule is O=C1N=NOC(O)(O)C1(O)O. The Labute approximate surface area is 59.3 Å². The van der Waals surface area contributed by atoms with Crippen LogP contribution in [0.25, 0.3) is 0 Å². The first-order chi connectivity index (χ1) is 4.88. The summed E-state index contributed by atoms with van der Waals surface area (Å²) in [5.74, 6) is -8.55. The third-order valence-electron chi connectivity index (χ3n) is 1.05. The van der Waals surface area contributed by atoms with E-state index < -0.39 is 17.7 Å². The van der Waals surface area contributed by atoms with Gasteiger partial charge in [0, 0.05) is 5.28 Å². The normalized spacial score (nSPS) is 26.4. The van der Waals surface area contributed by atoms with Crippen molar-refractivity contribution in [2.24, 2.45) is 10.4 Å². The number of aliphatic hydroxyl groups is 4. The zero-order chi connectivity index (χ0) is 8.70. The number of rotatable bonds is 0. The lowest BCUT2D eigenvalue weighted by molar-refractivity contribution is -0.452. The smallest absolute Gasteiger partial charge is 0.351 e. The maximum Gasteiger partial charge on any atom is 0.412 e. The lowest BCUT2D eigenvalue weighted by atomic mass is 10.2. The third kappa shape index (κ3) is 0.973. The van der Waals surface area contributed by atoms with Gasteiger partial charge >= 0.3 is 17.7 Å². The molecule has 1 aliphatic heterocycles. The molecule has 1 heterocycles. The molecule has 8 heteroatoms. The van der Waals surface area contributed by atoms with Gasteiger partial charge in [-0.3, -0.25) is 4.79 Å². The summed E-state index contributed by atoms with van der Waals surface area (Å²) in [5.41, 5.74) is 0. The molecule has 0 saturated heterocycles. The van der Waals surface area contributed by atoms with Crippen LogP contribution in [0.5, 0.6) is 0 Å². The van der Waals surface area contributed by atoms with E-state index in [1.54, 1.807) is 0 Å². The summed E-state index contributed by atoms with van der Waals surface area (Å²) in [6.45, 7) is 0. The van der Waals surface area contributed by atoms with Gasteiger partial charge in [0.25, 0.3) is 0 Å². The molecule has 0 spiro atoms. The Kier molecular flexibility index (Phi) is 1.42. The summed E-state index contributed by atoms with van der Waals surface area (Å²) >= 11 is 0. The van der Waals surface area contributed by atoms with Crippen LogP contribution in [0.4, 0.5) is 0 Å². The Balaban J connectivity index is 3.06. The van der Waals surface area contributed by atoms with Crippen LogP contribution in [-0.2, 0) is 9.63 Å². The van der Waals surface area contributed by atoms with E-state index in [1.807, 2.05) is 0 Å². The Hall–Kier alpha value is -1.09. The number of amides is 1. The molecule has 0 aliphatic carbocycles. The summed E-state index contributed by atoms with van der Waals surface area (Å²) in [4.78, 5) is 14.0. The topological polar surface area (TPSA) is 132 Å². The minimum Gasteiger partial charge on any atom is -0.351 e. The van der Waals surface area contributed by atoms with Crippen molar-refractivity contribution < 1.29 is 30.1 Å². The van der Waals surface area contributed by atoms with Gasteiger partial charge in [-0.1, -0.05) is 5.11 Å². The van der Waals surface area contributed by atoms with Crippen molar-refractivity contribution in [1.29, 1.82) is 0 Å². The summed E-state index contributed by atoms with van der Waals surface area (Å²) in [7, 11) is 0. The van der Waals surface area contributed by atoms with Crippen LogP contribution in [0.2, 0.25) is 0 Å². The number of hydrogen-bond acceptors (Lipinski definition) is 7. The second-order valence-electron chi connectivity index (χ2n) is 1.86. The Morgan fingerprint density at radius 3 is 2.18 bits per heavy atom. The molecular formula is C3H4N2O6. The van der Waals surface area contributed by atoms with Crippen LogP contribution in [0.15, 0.2) is 10.4 Å². The minimum atomic E-state index is -3.48. The fourth-order valence-electron chi connectivity index (χ4n) is 0.387. The summed E-state index contributed by atoms with van der Waals surface area (Å²) in [6, 6.07) is 0. The van der Waals surface area contributed by atoms with E-state index in [2.05, 4.69) is 15.2 Å². The highest BCUT2D eigenvalue weighted by atomic mass is 16.9. The quantitative estimate of drug-likeness (QED) is 0.286. The van der Waals surface area contributed by atoms with Crippen LogP contribution in [0.1, 0.15) is 0 Å². The van der Waals surface area contributed by atoms with Gasteiger partial charge in [0.2, 0.25) is 0 Å². The Morgan fingerprint density at radius 2 is 1.82 bits per heavy atom. The van der Waals surface area contributed by atoms with Crippen LogP contribution < -0.4 is 0 Å². The number of carbonyl (C=O) groups is 1. The molecule has 0 atom stereocenters. The molecule has 0 radical (unpaired) electrons. The van der Waals surface area contributed by atoms with E-state index in [-0.39, 0.29) is 0 Å². The average molecular weight is 164 g/mol. The summed E-state index contributed by atoms with van der Waals surface area (Å²) < 4.78 is 0. The molecule has 0 aromatic rings. The molecule has 0 unspecified atom stereocenters. The monoisotopic (exact) mass is 164 g/mol. The molecule has 8 nitrogen and oxygen atoms in total. The number of carbonyl (C=O) groups excluding carboxylic acids is 1. The predicted molar refractivity (Wildman–Crippen MR) is 25.3 cm³/mol. The first-order valence-corrected chi connectivity index (χ1v) is 2.41. The van der Waals surface area contributed by atoms with Crippen molar-refractivity contribution in [2.45, 2.75) is 11.8 Å². The van der Waals surface area contributed by atoms with Gasteiger partial charge in [0.1, 0.15) is 0 Å². The molecule has 62 valence electrons. The largest absolute Gasteiger partial charge is 0.412 e. The van der Waals surface area contributed by atoms with Crippen molar-refractivity contribution in [3.05, 3.63) is 0 Å². The molecule has 4 N–H and O–H groups in total. The van der Waals surface area contributed by atoms with E-state index >= 15 is 0 Å². The van der Waals surface area contributed by atoms with Crippen LogP contribution in [0, 0.1) is 0 Å². The molecule has 1 amide bonds. The lowest BCUT2D eigenvalue weighted by Gasteiger charge is -2.29. The van der Waals surface area contributed by atoms with Gasteiger partial charge in [-0.15, -0.1) is 0 Å². The van der Waals surface area contributed by atoms with Crippen molar-refractivity contribution in [1.82, 2.24) is 0 Å². The first kappa shape index (κ1) is 8.01. The standard InChI is InChI=1S/C3H4N2O6/c6-1-2(7,8)3(9,10)11-5-4-1/h7-10H. The van der Waals surface area contributed by atoms with Crippen molar-refractivity contribution in [3.8, 4) is 0 Å². The third-order valence-corrected chi connectivity index (χ3v) is 1.05. The average Bonchev–Trinajstić information content (AvgIpc) is 1.84. The highest BCUT2D eigenvalue weighted by Gasteiger charge is 2.60. The van der Waals surface area contributed by atoms with Gasteiger partial charge in [0.05, 0.1) is 0 Å². The van der Waals surface area contributed by atoms with Gasteiger partial charge in [-0.2, -0.15) is 0 Å².